The normalized spacial score (nSPS) is 10.6. The SMILES string of the molecule is COCCOCCCOc1nc(Cl)nc(C)c1N. The Hall–Kier alpha value is -1.11. The smallest absolute Gasteiger partial charge is 0.241 e. The Labute approximate surface area is 111 Å². The molecule has 0 aromatic carbocycles. The first-order chi connectivity index (χ1) is 8.65. The van der Waals surface area contributed by atoms with E-state index >= 15 is 0 Å². The Bertz CT molecular complexity index is 377. The molecule has 0 fully saturated rings. The average Bonchev–Trinajstić information content (AvgIpc) is 2.33. The van der Waals surface area contributed by atoms with Gasteiger partial charge < -0.3 is 19.9 Å². The van der Waals surface area contributed by atoms with Crippen LogP contribution in [0.5, 0.6) is 5.88 Å². The number of hydrogen-bond acceptors (Lipinski definition) is 6. The van der Waals surface area contributed by atoms with E-state index in [4.69, 9.17) is 31.5 Å². The van der Waals surface area contributed by atoms with Crippen molar-refractivity contribution < 1.29 is 14.2 Å². The van der Waals surface area contributed by atoms with Gasteiger partial charge in [-0.1, -0.05) is 0 Å². The summed E-state index contributed by atoms with van der Waals surface area (Å²) in [5, 5.41) is 0.132. The standard InChI is InChI=1S/C11H18ClN3O3/c1-8-9(13)10(15-11(12)14-8)18-5-3-4-17-7-6-16-2/h3-7,13H2,1-2H3. The number of aromatic nitrogens is 2. The van der Waals surface area contributed by atoms with Crippen molar-refractivity contribution in [1.82, 2.24) is 9.97 Å². The van der Waals surface area contributed by atoms with Gasteiger partial charge in [-0.15, -0.1) is 0 Å². The molecule has 1 heterocycles. The third kappa shape index (κ3) is 5.03. The van der Waals surface area contributed by atoms with Gasteiger partial charge in [0.2, 0.25) is 11.2 Å². The van der Waals surface area contributed by atoms with Crippen LogP contribution in [0.15, 0.2) is 0 Å². The second kappa shape index (κ2) is 8.07. The largest absolute Gasteiger partial charge is 0.476 e. The number of nitrogens with zero attached hydrogens (tertiary/aromatic N) is 2. The molecule has 0 aliphatic carbocycles. The lowest BCUT2D eigenvalue weighted by atomic mass is 10.4. The summed E-state index contributed by atoms with van der Waals surface area (Å²) in [5.74, 6) is 0.324. The lowest BCUT2D eigenvalue weighted by Gasteiger charge is -2.09. The minimum absolute atomic E-state index is 0.132. The van der Waals surface area contributed by atoms with Crippen LogP contribution in [-0.2, 0) is 9.47 Å². The van der Waals surface area contributed by atoms with Crippen LogP contribution in [-0.4, -0.2) is 43.5 Å². The fourth-order valence-electron chi connectivity index (χ4n) is 1.21. The van der Waals surface area contributed by atoms with Crippen LogP contribution in [0.1, 0.15) is 12.1 Å². The van der Waals surface area contributed by atoms with Crippen LogP contribution < -0.4 is 10.5 Å². The van der Waals surface area contributed by atoms with Gasteiger partial charge in [0, 0.05) is 20.1 Å². The summed E-state index contributed by atoms with van der Waals surface area (Å²) in [5.41, 5.74) is 6.80. The predicted octanol–water partition coefficient (Wildman–Crippen LogP) is 1.45. The highest BCUT2D eigenvalue weighted by atomic mass is 35.5. The molecule has 0 bridgehead atoms. The van der Waals surface area contributed by atoms with Gasteiger partial charge in [-0.25, -0.2) is 4.98 Å². The minimum Gasteiger partial charge on any atom is -0.476 e. The van der Waals surface area contributed by atoms with Gasteiger partial charge in [0.05, 0.1) is 25.5 Å². The van der Waals surface area contributed by atoms with E-state index in [1.54, 1.807) is 14.0 Å². The van der Waals surface area contributed by atoms with E-state index in [1.165, 1.54) is 0 Å². The van der Waals surface area contributed by atoms with Crippen molar-refractivity contribution in [3.63, 3.8) is 0 Å². The molecule has 6 nitrogen and oxygen atoms in total. The third-order valence-electron chi connectivity index (χ3n) is 2.18. The van der Waals surface area contributed by atoms with Crippen molar-refractivity contribution >= 4 is 17.3 Å². The Morgan fingerprint density at radius 2 is 1.94 bits per heavy atom. The molecule has 0 atom stereocenters. The summed E-state index contributed by atoms with van der Waals surface area (Å²) >= 11 is 5.72. The fraction of sp³-hybridized carbons (Fsp3) is 0.636. The van der Waals surface area contributed by atoms with Gasteiger partial charge in [-0.3, -0.25) is 0 Å². The van der Waals surface area contributed by atoms with Crippen molar-refractivity contribution in [1.29, 1.82) is 0 Å². The number of ether oxygens (including phenoxy) is 3. The van der Waals surface area contributed by atoms with E-state index in [2.05, 4.69) is 9.97 Å². The number of methoxy groups -OCH3 is 1. The maximum absolute atomic E-state index is 5.78. The van der Waals surface area contributed by atoms with E-state index in [-0.39, 0.29) is 5.28 Å². The van der Waals surface area contributed by atoms with Crippen molar-refractivity contribution in [2.24, 2.45) is 0 Å². The van der Waals surface area contributed by atoms with Crippen molar-refractivity contribution in [3.05, 3.63) is 11.0 Å². The first-order valence-corrected chi connectivity index (χ1v) is 6.02. The van der Waals surface area contributed by atoms with E-state index in [1.807, 2.05) is 0 Å². The summed E-state index contributed by atoms with van der Waals surface area (Å²) in [4.78, 5) is 7.85. The van der Waals surface area contributed by atoms with Gasteiger partial charge in [0.25, 0.3) is 0 Å². The molecular weight excluding hydrogens is 258 g/mol. The Morgan fingerprint density at radius 1 is 1.17 bits per heavy atom. The minimum atomic E-state index is 0.132. The molecule has 0 saturated heterocycles. The Morgan fingerprint density at radius 3 is 2.67 bits per heavy atom. The van der Waals surface area contributed by atoms with Gasteiger partial charge in [-0.2, -0.15) is 4.98 Å². The van der Waals surface area contributed by atoms with Crippen LogP contribution >= 0.6 is 11.6 Å². The molecule has 0 amide bonds. The second-order valence-corrected chi connectivity index (χ2v) is 3.94. The zero-order chi connectivity index (χ0) is 13.4. The third-order valence-corrected chi connectivity index (χ3v) is 2.35. The summed E-state index contributed by atoms with van der Waals surface area (Å²) in [7, 11) is 1.64. The quantitative estimate of drug-likeness (QED) is 0.571. The lowest BCUT2D eigenvalue weighted by Crippen LogP contribution is -2.09. The number of rotatable bonds is 8. The zero-order valence-corrected chi connectivity index (χ0v) is 11.4. The van der Waals surface area contributed by atoms with Crippen molar-refractivity contribution in [3.8, 4) is 5.88 Å². The first-order valence-electron chi connectivity index (χ1n) is 5.64. The summed E-state index contributed by atoms with van der Waals surface area (Å²) in [6.45, 7) is 3.99. The van der Waals surface area contributed by atoms with Crippen LogP contribution in [0, 0.1) is 6.92 Å². The summed E-state index contributed by atoms with van der Waals surface area (Å²) in [6.07, 6.45) is 0.740. The average molecular weight is 276 g/mol. The molecule has 0 radical (unpaired) electrons. The molecule has 7 heteroatoms. The zero-order valence-electron chi connectivity index (χ0n) is 10.6. The fourth-order valence-corrected chi connectivity index (χ4v) is 1.41. The number of nitrogens with two attached hydrogens (primary N) is 1. The molecule has 0 aliphatic rings. The van der Waals surface area contributed by atoms with Gasteiger partial charge >= 0.3 is 0 Å². The van der Waals surface area contributed by atoms with Crippen molar-refractivity contribution in [2.45, 2.75) is 13.3 Å². The highest BCUT2D eigenvalue weighted by Crippen LogP contribution is 2.22. The van der Waals surface area contributed by atoms with E-state index in [0.717, 1.165) is 6.42 Å². The number of nitrogen functional groups attached to an aromatic ring is 1. The van der Waals surface area contributed by atoms with E-state index in [9.17, 15) is 0 Å². The van der Waals surface area contributed by atoms with Gasteiger partial charge in [0.15, 0.2) is 0 Å². The molecule has 0 saturated carbocycles. The topological polar surface area (TPSA) is 79.5 Å². The molecule has 0 aliphatic heterocycles. The Balaban J connectivity index is 2.27. The molecule has 18 heavy (non-hydrogen) atoms. The highest BCUT2D eigenvalue weighted by molar-refractivity contribution is 6.28. The van der Waals surface area contributed by atoms with E-state index in [0.29, 0.717) is 43.7 Å². The summed E-state index contributed by atoms with van der Waals surface area (Å²) in [6, 6.07) is 0. The molecular formula is C11H18ClN3O3. The number of aryl methyl sites for hydroxylation is 1. The Kier molecular flexibility index (Phi) is 6.70. The number of halogens is 1. The number of anilines is 1. The summed E-state index contributed by atoms with van der Waals surface area (Å²) < 4.78 is 15.6. The maximum atomic E-state index is 5.78. The van der Waals surface area contributed by atoms with Crippen LogP contribution in [0.2, 0.25) is 5.28 Å². The molecule has 0 unspecified atom stereocenters. The van der Waals surface area contributed by atoms with Crippen LogP contribution in [0.25, 0.3) is 0 Å². The molecule has 0 spiro atoms. The predicted molar refractivity (Wildman–Crippen MR) is 69.0 cm³/mol. The first kappa shape index (κ1) is 14.9. The van der Waals surface area contributed by atoms with Crippen molar-refractivity contribution in [2.75, 3.05) is 39.3 Å². The van der Waals surface area contributed by atoms with E-state index < -0.39 is 0 Å². The highest BCUT2D eigenvalue weighted by Gasteiger charge is 2.08. The maximum Gasteiger partial charge on any atom is 0.241 e. The number of hydrogen-bond donors (Lipinski definition) is 1. The van der Waals surface area contributed by atoms with Crippen LogP contribution in [0.4, 0.5) is 5.69 Å². The van der Waals surface area contributed by atoms with Gasteiger partial charge in [-0.05, 0) is 18.5 Å². The lowest BCUT2D eigenvalue weighted by molar-refractivity contribution is 0.0642. The van der Waals surface area contributed by atoms with Gasteiger partial charge in [0.1, 0.15) is 5.69 Å². The second-order valence-electron chi connectivity index (χ2n) is 3.60. The molecule has 1 aromatic rings. The molecule has 102 valence electrons. The van der Waals surface area contributed by atoms with Crippen LogP contribution in [0.3, 0.4) is 0 Å². The molecule has 1 aromatic heterocycles. The molecule has 1 rings (SSSR count). The molecule has 2 N–H and O–H groups in total. The monoisotopic (exact) mass is 275 g/mol.